The van der Waals surface area contributed by atoms with Gasteiger partial charge in [0.25, 0.3) is 0 Å². The molecule has 2 aliphatic rings. The van der Waals surface area contributed by atoms with E-state index in [1.54, 1.807) is 12.2 Å². The maximum Gasteiger partial charge on any atom is 0.326 e. The monoisotopic (exact) mass is 503 g/mol. The van der Waals surface area contributed by atoms with Gasteiger partial charge >= 0.3 is 11.9 Å². The van der Waals surface area contributed by atoms with Crippen LogP contribution in [0.3, 0.4) is 0 Å². The first-order valence-corrected chi connectivity index (χ1v) is 12.1. The Morgan fingerprint density at radius 2 is 1.83 bits per heavy atom. The normalized spacial score (nSPS) is 22.8. The Morgan fingerprint density at radius 1 is 1.20 bits per heavy atom. The van der Waals surface area contributed by atoms with Crippen molar-refractivity contribution in [1.29, 1.82) is 0 Å². The molecule has 3 atom stereocenters. The van der Waals surface area contributed by atoms with Crippen LogP contribution in [-0.2, 0) is 23.9 Å². The van der Waals surface area contributed by atoms with Crippen molar-refractivity contribution in [3.63, 3.8) is 0 Å². The lowest BCUT2D eigenvalue weighted by atomic mass is 9.79. The third-order valence-electron chi connectivity index (χ3n) is 6.07. The number of hydrogen-bond acceptors (Lipinski definition) is 6. The molecule has 0 aromatic rings. The van der Waals surface area contributed by atoms with Crippen LogP contribution in [0.15, 0.2) is 58.0 Å². The molecular formula is C27H34ClNO6. The fourth-order valence-electron chi connectivity index (χ4n) is 4.04. The van der Waals surface area contributed by atoms with E-state index >= 15 is 0 Å². The van der Waals surface area contributed by atoms with Crippen molar-refractivity contribution in [1.82, 2.24) is 4.90 Å². The maximum absolute atomic E-state index is 13.4. The van der Waals surface area contributed by atoms with Gasteiger partial charge in [-0.3, -0.25) is 14.4 Å². The highest BCUT2D eigenvalue weighted by molar-refractivity contribution is 6.49. The number of ketones is 2. The van der Waals surface area contributed by atoms with Crippen molar-refractivity contribution >= 4 is 35.1 Å². The van der Waals surface area contributed by atoms with Crippen LogP contribution < -0.4 is 0 Å². The minimum atomic E-state index is -2.11. The van der Waals surface area contributed by atoms with Crippen molar-refractivity contribution in [3.05, 3.63) is 58.0 Å². The van der Waals surface area contributed by atoms with Crippen LogP contribution in [0.2, 0.25) is 0 Å². The van der Waals surface area contributed by atoms with E-state index < -0.39 is 35.1 Å². The van der Waals surface area contributed by atoms with Gasteiger partial charge in [0.15, 0.2) is 0 Å². The molecule has 8 heteroatoms. The average Bonchev–Trinajstić information content (AvgIpc) is 2.77. The Kier molecular flexibility index (Phi) is 9.06. The van der Waals surface area contributed by atoms with E-state index in [9.17, 15) is 24.3 Å². The van der Waals surface area contributed by atoms with Gasteiger partial charge in [-0.05, 0) is 44.3 Å². The second kappa shape index (κ2) is 11.2. The first-order valence-electron chi connectivity index (χ1n) is 11.7. The molecule has 1 N–H and O–H groups in total. The number of aliphatic carboxylic acids is 1. The van der Waals surface area contributed by atoms with Gasteiger partial charge in [-0.25, -0.2) is 4.79 Å². The molecule has 0 unspecified atom stereocenters. The summed E-state index contributed by atoms with van der Waals surface area (Å²) >= 11 is 6.39. The summed E-state index contributed by atoms with van der Waals surface area (Å²) < 4.78 is 5.11. The average molecular weight is 504 g/mol. The lowest BCUT2D eigenvalue weighted by Crippen LogP contribution is -2.52. The van der Waals surface area contributed by atoms with Crippen molar-refractivity contribution in [2.75, 3.05) is 0 Å². The van der Waals surface area contributed by atoms with E-state index in [4.69, 9.17) is 16.3 Å². The Bertz CT molecular complexity index is 1080. The largest absolute Gasteiger partial charge is 0.480 e. The molecule has 0 bridgehead atoms. The van der Waals surface area contributed by atoms with E-state index in [0.29, 0.717) is 18.0 Å². The van der Waals surface area contributed by atoms with Gasteiger partial charge in [0.2, 0.25) is 17.2 Å². The minimum absolute atomic E-state index is 0.0253. The van der Waals surface area contributed by atoms with Gasteiger partial charge < -0.3 is 14.7 Å². The van der Waals surface area contributed by atoms with Crippen molar-refractivity contribution in [3.8, 4) is 0 Å². The van der Waals surface area contributed by atoms with Crippen molar-refractivity contribution in [2.45, 2.75) is 73.0 Å². The summed E-state index contributed by atoms with van der Waals surface area (Å²) in [5.41, 5.74) is -0.443. The predicted octanol–water partition coefficient (Wildman–Crippen LogP) is 5.08. The first kappa shape index (κ1) is 28.3. The Labute approximate surface area is 211 Å². The van der Waals surface area contributed by atoms with E-state index in [1.807, 2.05) is 26.8 Å². The number of carboxylic acids is 1. The minimum Gasteiger partial charge on any atom is -0.480 e. The Morgan fingerprint density at radius 3 is 2.34 bits per heavy atom. The molecule has 1 heterocycles. The molecule has 1 aliphatic heterocycles. The standard InChI is InChI=1S/C27H34ClNO6/c1-8-16(4)12-17(5)9-10-19-13-20-21(14-29(19)22(26(33)34)11-15(2)3)24(31)27(7,35-18(6)30)25(32)23(20)28/h9-10,12-16,22H,8,11H2,1-7H3,(H,33,34)/b10-9-,17-12+/t16-,22-,27-/m0/s1. The topological polar surface area (TPSA) is 101 Å². The van der Waals surface area contributed by atoms with E-state index in [-0.39, 0.29) is 22.1 Å². The molecule has 0 fully saturated rings. The van der Waals surface area contributed by atoms with Crippen LogP contribution in [0.25, 0.3) is 0 Å². The van der Waals surface area contributed by atoms with Crippen LogP contribution >= 0.6 is 11.6 Å². The summed E-state index contributed by atoms with van der Waals surface area (Å²) in [5, 5.41) is 9.78. The third-order valence-corrected chi connectivity index (χ3v) is 6.44. The zero-order valence-corrected chi connectivity index (χ0v) is 22.1. The van der Waals surface area contributed by atoms with Crippen LogP contribution in [0.5, 0.6) is 0 Å². The molecule has 0 aromatic carbocycles. The lowest BCUT2D eigenvalue weighted by Gasteiger charge is -2.37. The molecule has 7 nitrogen and oxygen atoms in total. The van der Waals surface area contributed by atoms with Crippen molar-refractivity contribution in [2.24, 2.45) is 11.8 Å². The fraction of sp³-hybridized carbons (Fsp3) is 0.481. The zero-order chi connectivity index (χ0) is 26.7. The summed E-state index contributed by atoms with van der Waals surface area (Å²) in [4.78, 5) is 51.7. The highest BCUT2D eigenvalue weighted by Gasteiger charge is 2.52. The maximum atomic E-state index is 13.4. The quantitative estimate of drug-likeness (QED) is 0.266. The summed E-state index contributed by atoms with van der Waals surface area (Å²) in [6.45, 7) is 12.3. The first-order chi connectivity index (χ1) is 16.2. The summed E-state index contributed by atoms with van der Waals surface area (Å²) in [6.07, 6.45) is 9.97. The molecule has 1 aliphatic carbocycles. The molecule has 0 spiro atoms. The Hall–Kier alpha value is -2.93. The third kappa shape index (κ3) is 6.20. The number of nitrogens with zero attached hydrogens (tertiary/aromatic N) is 1. The number of hydrogen-bond donors (Lipinski definition) is 1. The molecule has 0 saturated heterocycles. The molecule has 0 amide bonds. The number of carbonyl (C=O) groups excluding carboxylic acids is 3. The Balaban J connectivity index is 2.71. The number of carboxylic acid groups (broad SMARTS) is 1. The SMILES string of the molecule is CC[C@H](C)/C=C(C)/C=C\C1=CC2=C(Cl)C(=O)[C@@](C)(OC(C)=O)C(=O)C2=CN1[C@@H](CC(C)C)C(=O)O. The van der Waals surface area contributed by atoms with Gasteiger partial charge in [-0.15, -0.1) is 0 Å². The van der Waals surface area contributed by atoms with Crippen LogP contribution in [0, 0.1) is 11.8 Å². The molecule has 0 saturated carbocycles. The van der Waals surface area contributed by atoms with Gasteiger partial charge in [0, 0.05) is 30.0 Å². The molecule has 0 aromatic heterocycles. The summed E-state index contributed by atoms with van der Waals surface area (Å²) in [7, 11) is 0. The number of allylic oxidation sites excluding steroid dienone is 6. The van der Waals surface area contributed by atoms with Gasteiger partial charge in [0.1, 0.15) is 6.04 Å². The number of rotatable bonds is 9. The smallest absolute Gasteiger partial charge is 0.326 e. The second-order valence-electron chi connectivity index (χ2n) is 9.65. The van der Waals surface area contributed by atoms with Crippen LogP contribution in [0.1, 0.15) is 61.3 Å². The lowest BCUT2D eigenvalue weighted by molar-refractivity contribution is -0.167. The fourth-order valence-corrected chi connectivity index (χ4v) is 4.38. The van der Waals surface area contributed by atoms with E-state index in [1.165, 1.54) is 18.0 Å². The van der Waals surface area contributed by atoms with Gasteiger partial charge in [-0.1, -0.05) is 63.4 Å². The number of esters is 1. The van der Waals surface area contributed by atoms with Gasteiger partial charge in [-0.2, -0.15) is 0 Å². The highest BCUT2D eigenvalue weighted by atomic mass is 35.5. The molecule has 190 valence electrons. The van der Waals surface area contributed by atoms with E-state index in [0.717, 1.165) is 18.9 Å². The number of ether oxygens (including phenoxy) is 1. The highest BCUT2D eigenvalue weighted by Crippen LogP contribution is 2.40. The van der Waals surface area contributed by atoms with Crippen LogP contribution in [0.4, 0.5) is 0 Å². The number of halogens is 1. The molecular weight excluding hydrogens is 470 g/mol. The van der Waals surface area contributed by atoms with E-state index in [2.05, 4.69) is 19.9 Å². The number of fused-ring (bicyclic) bond motifs is 1. The molecule has 35 heavy (non-hydrogen) atoms. The van der Waals surface area contributed by atoms with Gasteiger partial charge in [0.05, 0.1) is 5.03 Å². The van der Waals surface area contributed by atoms with Crippen molar-refractivity contribution < 1.29 is 29.0 Å². The molecule has 0 radical (unpaired) electrons. The summed E-state index contributed by atoms with van der Waals surface area (Å²) in [6, 6.07) is -0.969. The number of carbonyl (C=O) groups is 4. The second-order valence-corrected chi connectivity index (χ2v) is 10.0. The predicted molar refractivity (Wildman–Crippen MR) is 134 cm³/mol. The van der Waals surface area contributed by atoms with Crippen LogP contribution in [-0.4, -0.2) is 45.2 Å². The number of Topliss-reactive ketones (excluding diaryl/α,β-unsaturated/α-hetero) is 2. The molecule has 2 rings (SSSR count). The summed E-state index contributed by atoms with van der Waals surface area (Å²) in [5.74, 6) is -2.99. The zero-order valence-electron chi connectivity index (χ0n) is 21.3.